The first-order valence-electron chi connectivity index (χ1n) is 9.06. The second-order valence-electron chi connectivity index (χ2n) is 6.25. The highest BCUT2D eigenvalue weighted by Crippen LogP contribution is 2.19. The molecule has 29 heavy (non-hydrogen) atoms. The van der Waals surface area contributed by atoms with E-state index in [4.69, 9.17) is 9.47 Å². The van der Waals surface area contributed by atoms with Gasteiger partial charge in [0.25, 0.3) is 5.91 Å². The first-order valence-corrected chi connectivity index (χ1v) is 9.06. The van der Waals surface area contributed by atoms with Crippen molar-refractivity contribution in [3.8, 4) is 5.75 Å². The summed E-state index contributed by atoms with van der Waals surface area (Å²) in [6.07, 6.45) is 0.660. The van der Waals surface area contributed by atoms with Gasteiger partial charge in [-0.15, -0.1) is 0 Å². The molecular weight excluding hydrogens is 373 g/mol. The lowest BCUT2D eigenvalue weighted by molar-refractivity contribution is -0.149. The van der Waals surface area contributed by atoms with E-state index in [0.717, 1.165) is 11.1 Å². The molecule has 148 valence electrons. The van der Waals surface area contributed by atoms with Crippen molar-refractivity contribution in [3.63, 3.8) is 0 Å². The molecule has 0 aromatic heterocycles. The third-order valence-electron chi connectivity index (χ3n) is 4.08. The summed E-state index contributed by atoms with van der Waals surface area (Å²) in [7, 11) is 0. The smallest absolute Gasteiger partial charge is 0.344 e. The molecule has 0 saturated heterocycles. The third kappa shape index (κ3) is 6.17. The number of esters is 1. The summed E-state index contributed by atoms with van der Waals surface area (Å²) in [5.41, 5.74) is 2.71. The van der Waals surface area contributed by atoms with E-state index in [9.17, 15) is 14.0 Å². The molecule has 3 aromatic carbocycles. The number of rotatable bonds is 8. The fraction of sp³-hybridized carbons (Fsp3) is 0.130. The SMILES string of the molecule is O=C(COC(=O)COc1ccccc1F)Nc1ccccc1Cc1ccccc1. The van der Waals surface area contributed by atoms with Crippen LogP contribution in [-0.2, 0) is 20.7 Å². The van der Waals surface area contributed by atoms with Gasteiger partial charge in [-0.05, 0) is 35.7 Å². The summed E-state index contributed by atoms with van der Waals surface area (Å²) in [5, 5.41) is 2.75. The Morgan fingerprint density at radius 1 is 0.828 bits per heavy atom. The van der Waals surface area contributed by atoms with Gasteiger partial charge >= 0.3 is 5.97 Å². The van der Waals surface area contributed by atoms with Crippen LogP contribution in [0.3, 0.4) is 0 Å². The van der Waals surface area contributed by atoms with E-state index in [2.05, 4.69) is 5.32 Å². The Bertz CT molecular complexity index is 975. The largest absolute Gasteiger partial charge is 0.479 e. The van der Waals surface area contributed by atoms with Crippen molar-refractivity contribution in [2.45, 2.75) is 6.42 Å². The number of para-hydroxylation sites is 2. The lowest BCUT2D eigenvalue weighted by Crippen LogP contribution is -2.24. The lowest BCUT2D eigenvalue weighted by atomic mass is 10.0. The van der Waals surface area contributed by atoms with Gasteiger partial charge in [-0.3, -0.25) is 4.79 Å². The molecule has 0 fully saturated rings. The van der Waals surface area contributed by atoms with E-state index in [0.29, 0.717) is 12.1 Å². The maximum Gasteiger partial charge on any atom is 0.344 e. The van der Waals surface area contributed by atoms with Crippen molar-refractivity contribution >= 4 is 17.6 Å². The zero-order chi connectivity index (χ0) is 20.5. The van der Waals surface area contributed by atoms with Gasteiger partial charge < -0.3 is 14.8 Å². The van der Waals surface area contributed by atoms with Gasteiger partial charge in [-0.2, -0.15) is 0 Å². The molecule has 0 unspecified atom stereocenters. The minimum atomic E-state index is -0.763. The number of hydrogen-bond donors (Lipinski definition) is 1. The molecule has 3 rings (SSSR count). The molecule has 0 spiro atoms. The number of amides is 1. The summed E-state index contributed by atoms with van der Waals surface area (Å²) in [5.74, 6) is -1.86. The molecule has 1 amide bonds. The van der Waals surface area contributed by atoms with Crippen LogP contribution in [0.1, 0.15) is 11.1 Å². The quantitative estimate of drug-likeness (QED) is 0.588. The van der Waals surface area contributed by atoms with Gasteiger partial charge in [-0.1, -0.05) is 60.7 Å². The highest BCUT2D eigenvalue weighted by atomic mass is 19.1. The van der Waals surface area contributed by atoms with Crippen LogP contribution in [0.4, 0.5) is 10.1 Å². The number of ether oxygens (including phenoxy) is 2. The molecule has 0 aliphatic heterocycles. The molecule has 0 aliphatic rings. The number of benzene rings is 3. The first-order chi connectivity index (χ1) is 14.1. The topological polar surface area (TPSA) is 64.6 Å². The Morgan fingerprint density at radius 2 is 1.52 bits per heavy atom. The van der Waals surface area contributed by atoms with Crippen molar-refractivity contribution in [2.75, 3.05) is 18.5 Å². The summed E-state index contributed by atoms with van der Waals surface area (Å²) in [4.78, 5) is 23.9. The second-order valence-corrected chi connectivity index (χ2v) is 6.25. The van der Waals surface area contributed by atoms with Gasteiger partial charge in [0.2, 0.25) is 0 Å². The van der Waals surface area contributed by atoms with Crippen molar-refractivity contribution in [1.29, 1.82) is 0 Å². The summed E-state index contributed by atoms with van der Waals surface area (Å²) < 4.78 is 23.4. The predicted molar refractivity (Wildman–Crippen MR) is 107 cm³/mol. The van der Waals surface area contributed by atoms with E-state index in [1.165, 1.54) is 18.2 Å². The van der Waals surface area contributed by atoms with Gasteiger partial charge in [0, 0.05) is 5.69 Å². The van der Waals surface area contributed by atoms with Crippen molar-refractivity contribution in [3.05, 3.63) is 95.8 Å². The number of halogens is 1. The average Bonchev–Trinajstić information content (AvgIpc) is 2.74. The van der Waals surface area contributed by atoms with Crippen LogP contribution in [0.5, 0.6) is 5.75 Å². The monoisotopic (exact) mass is 393 g/mol. The van der Waals surface area contributed by atoms with Gasteiger partial charge in [0.1, 0.15) is 0 Å². The maximum atomic E-state index is 13.4. The molecule has 0 heterocycles. The second kappa shape index (κ2) is 10.0. The van der Waals surface area contributed by atoms with Crippen LogP contribution in [0.2, 0.25) is 0 Å². The van der Waals surface area contributed by atoms with Crippen molar-refractivity contribution < 1.29 is 23.5 Å². The summed E-state index contributed by atoms with van der Waals surface area (Å²) in [6, 6.07) is 23.0. The molecule has 1 N–H and O–H groups in total. The van der Waals surface area contributed by atoms with E-state index in [-0.39, 0.29) is 5.75 Å². The van der Waals surface area contributed by atoms with E-state index >= 15 is 0 Å². The number of carbonyl (C=O) groups is 2. The number of nitrogens with one attached hydrogen (secondary N) is 1. The van der Waals surface area contributed by atoms with E-state index in [1.807, 2.05) is 48.5 Å². The molecule has 0 bridgehead atoms. The Hall–Kier alpha value is -3.67. The first kappa shape index (κ1) is 20.1. The maximum absolute atomic E-state index is 13.4. The summed E-state index contributed by atoms with van der Waals surface area (Å²) in [6.45, 7) is -0.946. The van der Waals surface area contributed by atoms with Crippen LogP contribution in [0, 0.1) is 5.82 Å². The van der Waals surface area contributed by atoms with Crippen molar-refractivity contribution in [1.82, 2.24) is 0 Å². The summed E-state index contributed by atoms with van der Waals surface area (Å²) >= 11 is 0. The zero-order valence-corrected chi connectivity index (χ0v) is 15.6. The Labute approximate surface area is 168 Å². The molecular formula is C23H20FNO4. The van der Waals surface area contributed by atoms with Crippen LogP contribution >= 0.6 is 0 Å². The van der Waals surface area contributed by atoms with Crippen LogP contribution in [0.15, 0.2) is 78.9 Å². The normalized spacial score (nSPS) is 10.2. The fourth-order valence-electron chi connectivity index (χ4n) is 2.68. The van der Waals surface area contributed by atoms with Crippen LogP contribution in [0.25, 0.3) is 0 Å². The standard InChI is InChI=1S/C23H20FNO4/c24-19-11-5-7-13-21(19)28-16-23(27)29-15-22(26)25-20-12-6-4-10-18(20)14-17-8-2-1-3-9-17/h1-13H,14-16H2,(H,25,26). The van der Waals surface area contributed by atoms with Gasteiger partial charge in [0.05, 0.1) is 0 Å². The number of hydrogen-bond acceptors (Lipinski definition) is 4. The molecule has 3 aromatic rings. The molecule has 5 nitrogen and oxygen atoms in total. The minimum Gasteiger partial charge on any atom is -0.479 e. The molecule has 0 radical (unpaired) electrons. The third-order valence-corrected chi connectivity index (χ3v) is 4.08. The van der Waals surface area contributed by atoms with E-state index in [1.54, 1.807) is 12.1 Å². The number of carbonyl (C=O) groups excluding carboxylic acids is 2. The fourth-order valence-corrected chi connectivity index (χ4v) is 2.68. The molecule has 0 saturated carbocycles. The van der Waals surface area contributed by atoms with E-state index < -0.39 is 30.9 Å². The molecule has 0 atom stereocenters. The van der Waals surface area contributed by atoms with Crippen molar-refractivity contribution in [2.24, 2.45) is 0 Å². The van der Waals surface area contributed by atoms with Crippen LogP contribution in [-0.4, -0.2) is 25.1 Å². The predicted octanol–water partition coefficient (Wildman–Crippen LogP) is 3.98. The molecule has 6 heteroatoms. The Balaban J connectivity index is 1.49. The highest BCUT2D eigenvalue weighted by molar-refractivity contribution is 5.93. The Kier molecular flexibility index (Phi) is 6.95. The molecule has 0 aliphatic carbocycles. The number of anilines is 1. The lowest BCUT2D eigenvalue weighted by Gasteiger charge is -2.12. The van der Waals surface area contributed by atoms with Gasteiger partial charge in [0.15, 0.2) is 24.8 Å². The van der Waals surface area contributed by atoms with Crippen LogP contribution < -0.4 is 10.1 Å². The average molecular weight is 393 g/mol. The highest BCUT2D eigenvalue weighted by Gasteiger charge is 2.12. The zero-order valence-electron chi connectivity index (χ0n) is 15.6. The minimum absolute atomic E-state index is 0.0521. The van der Waals surface area contributed by atoms with Gasteiger partial charge in [-0.25, -0.2) is 9.18 Å². The Morgan fingerprint density at radius 3 is 2.31 bits per heavy atom.